The van der Waals surface area contributed by atoms with Gasteiger partial charge in [0.1, 0.15) is 17.2 Å². The number of allylic oxidation sites excluding steroid dienone is 1. The monoisotopic (exact) mass is 800 g/mol. The summed E-state index contributed by atoms with van der Waals surface area (Å²) in [4.78, 5) is 33.1. The lowest BCUT2D eigenvalue weighted by Gasteiger charge is -2.35. The van der Waals surface area contributed by atoms with Gasteiger partial charge in [-0.3, -0.25) is 0 Å². The molecule has 4 heterocycles. The van der Waals surface area contributed by atoms with Gasteiger partial charge in [-0.05, 0) is 104 Å². The zero-order chi connectivity index (χ0) is 41.7. The topological polar surface area (TPSA) is 142 Å². The first-order valence-electron chi connectivity index (χ1n) is 20.5. The number of aryl methyl sites for hydroxylation is 5. The predicted octanol–water partition coefficient (Wildman–Crippen LogP) is 9.31. The molecule has 2 aliphatic heterocycles. The first-order chi connectivity index (χ1) is 27.8. The second kappa shape index (κ2) is 20.9. The zero-order valence-corrected chi connectivity index (χ0v) is 35.4. The van der Waals surface area contributed by atoms with Gasteiger partial charge in [-0.15, -0.1) is 0 Å². The summed E-state index contributed by atoms with van der Waals surface area (Å²) in [6, 6.07) is 16.3. The summed E-state index contributed by atoms with van der Waals surface area (Å²) in [6.07, 6.45) is 9.77. The van der Waals surface area contributed by atoms with Crippen LogP contribution in [0.5, 0.6) is 0 Å². The third-order valence-corrected chi connectivity index (χ3v) is 10.3. The van der Waals surface area contributed by atoms with Crippen LogP contribution >= 0.6 is 0 Å². The number of rotatable bonds is 15. The number of benzene rings is 2. The number of carbonyl (C=O) groups is 2. The highest BCUT2D eigenvalue weighted by Crippen LogP contribution is 2.29. The summed E-state index contributed by atoms with van der Waals surface area (Å²) in [5.74, 6) is 0.0561. The van der Waals surface area contributed by atoms with E-state index in [-0.39, 0.29) is 5.92 Å². The Bertz CT molecular complexity index is 1930. The molecule has 0 bridgehead atoms. The van der Waals surface area contributed by atoms with Gasteiger partial charge in [0.2, 0.25) is 11.8 Å². The Morgan fingerprint density at radius 2 is 1.14 bits per heavy atom. The minimum absolute atomic E-state index is 0.240. The summed E-state index contributed by atoms with van der Waals surface area (Å²) in [6.45, 7) is 17.4. The van der Waals surface area contributed by atoms with Crippen molar-refractivity contribution in [3.8, 4) is 22.9 Å². The van der Waals surface area contributed by atoms with Gasteiger partial charge in [-0.2, -0.15) is 0 Å². The van der Waals surface area contributed by atoms with Crippen LogP contribution in [0.3, 0.4) is 0 Å². The number of aromatic nitrogens is 2. The molecule has 314 valence electrons. The number of hydrogen-bond acceptors (Lipinski definition) is 12. The normalized spacial score (nSPS) is 22.0. The molecule has 0 aliphatic carbocycles. The molecule has 0 unspecified atom stereocenters. The van der Waals surface area contributed by atoms with E-state index in [2.05, 4.69) is 42.0 Å². The second-order valence-electron chi connectivity index (χ2n) is 15.2. The van der Waals surface area contributed by atoms with Crippen molar-refractivity contribution in [2.75, 3.05) is 39.6 Å². The summed E-state index contributed by atoms with van der Waals surface area (Å²) in [7, 11) is 0. The number of nitrogens with zero attached hydrogens (tertiary/aromatic N) is 2. The molecule has 0 amide bonds. The smallest absolute Gasteiger partial charge is 0.366 e. The average molecular weight is 801 g/mol. The van der Waals surface area contributed by atoms with Crippen molar-refractivity contribution < 1.29 is 46.8 Å². The van der Waals surface area contributed by atoms with Crippen molar-refractivity contribution in [2.45, 2.75) is 105 Å². The van der Waals surface area contributed by atoms with Gasteiger partial charge >= 0.3 is 11.9 Å². The Labute approximate surface area is 342 Å². The van der Waals surface area contributed by atoms with E-state index in [1.165, 1.54) is 11.1 Å². The fraction of sp³-hybridized carbons (Fsp3) is 0.522. The van der Waals surface area contributed by atoms with Crippen LogP contribution in [0.4, 0.5) is 0 Å². The highest BCUT2D eigenvalue weighted by molar-refractivity contribution is 5.78. The van der Waals surface area contributed by atoms with E-state index in [1.807, 2.05) is 56.3 Å². The van der Waals surface area contributed by atoms with Crippen LogP contribution in [-0.4, -0.2) is 73.1 Å². The lowest BCUT2D eigenvalue weighted by atomic mass is 10.0. The van der Waals surface area contributed by atoms with Gasteiger partial charge in [0, 0.05) is 36.8 Å². The number of unbranched alkanes of at least 4 members (excludes halogenated alkanes) is 1. The van der Waals surface area contributed by atoms with Crippen LogP contribution in [0.15, 0.2) is 63.4 Å². The van der Waals surface area contributed by atoms with Crippen LogP contribution in [0, 0.1) is 39.5 Å². The van der Waals surface area contributed by atoms with E-state index in [9.17, 15) is 9.59 Å². The maximum Gasteiger partial charge on any atom is 0.366 e. The van der Waals surface area contributed by atoms with E-state index in [0.717, 1.165) is 72.6 Å². The Morgan fingerprint density at radius 1 is 0.672 bits per heavy atom. The van der Waals surface area contributed by atoms with Crippen molar-refractivity contribution in [2.24, 2.45) is 11.8 Å². The van der Waals surface area contributed by atoms with Gasteiger partial charge in [0.15, 0.2) is 0 Å². The van der Waals surface area contributed by atoms with Gasteiger partial charge in [-0.1, -0.05) is 47.9 Å². The molecule has 0 N–H and O–H groups in total. The SMILES string of the molecule is CCOC(=O)C1(C)OCC(CC/C=C/c2nc(-c3ccc(C)cc3)oc2C)CO1.CCOC(=O)C1(C)OCC(CCCCc2nc(-c3ccc(C)cc3)oc2C)CO1. The molecule has 2 aromatic heterocycles. The molecule has 0 radical (unpaired) electrons. The minimum atomic E-state index is -1.29. The molecule has 2 saturated heterocycles. The van der Waals surface area contributed by atoms with E-state index < -0.39 is 23.5 Å². The number of hydrogen-bond donors (Lipinski definition) is 0. The molecule has 12 heteroatoms. The van der Waals surface area contributed by atoms with Crippen molar-refractivity contribution in [1.29, 1.82) is 0 Å². The molecular formula is C46H60N2O10. The molecule has 6 rings (SSSR count). The second-order valence-corrected chi connectivity index (χ2v) is 15.2. The number of esters is 2. The average Bonchev–Trinajstić information content (AvgIpc) is 3.78. The molecule has 12 nitrogen and oxygen atoms in total. The first-order valence-corrected chi connectivity index (χ1v) is 20.5. The van der Waals surface area contributed by atoms with Gasteiger partial charge in [0.25, 0.3) is 11.6 Å². The molecule has 4 aromatic rings. The van der Waals surface area contributed by atoms with E-state index >= 15 is 0 Å². The molecule has 0 spiro atoms. The van der Waals surface area contributed by atoms with Crippen LogP contribution in [-0.2, 0) is 44.4 Å². The minimum Gasteiger partial charge on any atom is -0.462 e. The van der Waals surface area contributed by atoms with Crippen molar-refractivity contribution >= 4 is 18.0 Å². The summed E-state index contributed by atoms with van der Waals surface area (Å²) in [5, 5.41) is 0. The maximum absolute atomic E-state index is 11.9. The van der Waals surface area contributed by atoms with Crippen LogP contribution in [0.25, 0.3) is 29.0 Å². The fourth-order valence-corrected chi connectivity index (χ4v) is 6.49. The van der Waals surface area contributed by atoms with E-state index in [4.69, 9.17) is 37.3 Å². The lowest BCUT2D eigenvalue weighted by Crippen LogP contribution is -2.48. The fourth-order valence-electron chi connectivity index (χ4n) is 6.49. The Kier molecular flexibility index (Phi) is 16.0. The maximum atomic E-state index is 11.9. The first kappa shape index (κ1) is 44.5. The molecule has 2 fully saturated rings. The van der Waals surface area contributed by atoms with Crippen LogP contribution < -0.4 is 0 Å². The van der Waals surface area contributed by atoms with Crippen LogP contribution in [0.1, 0.15) is 93.8 Å². The standard InChI is InChI=1S/C23H31NO5.C23H29NO5/c2*1-5-26-22(25)23(4)27-14-18(15-28-23)8-6-7-9-20-17(3)29-21(24-20)19-12-10-16(2)11-13-19/h10-13,18H,5-9,14-15H2,1-4H3;7,9-13,18H,5-6,8,14-15H2,1-4H3/b;9-7+. The quantitative estimate of drug-likeness (QED) is 0.0836. The highest BCUT2D eigenvalue weighted by Gasteiger charge is 2.42. The summed E-state index contributed by atoms with van der Waals surface area (Å²) >= 11 is 0. The van der Waals surface area contributed by atoms with Gasteiger partial charge < -0.3 is 37.3 Å². The number of carbonyl (C=O) groups excluding carboxylic acids is 2. The Hall–Kier alpha value is -4.62. The highest BCUT2D eigenvalue weighted by atomic mass is 16.7. The Balaban J connectivity index is 0.000000221. The molecule has 2 aromatic carbocycles. The van der Waals surface area contributed by atoms with Crippen molar-refractivity contribution in [3.05, 3.63) is 88.6 Å². The van der Waals surface area contributed by atoms with Crippen molar-refractivity contribution in [1.82, 2.24) is 9.97 Å². The number of oxazole rings is 2. The molecule has 0 saturated carbocycles. The summed E-state index contributed by atoms with van der Waals surface area (Å²) in [5.41, 5.74) is 6.26. The summed E-state index contributed by atoms with van der Waals surface area (Å²) < 4.78 is 44.3. The van der Waals surface area contributed by atoms with Crippen molar-refractivity contribution in [3.63, 3.8) is 0 Å². The molecular weight excluding hydrogens is 741 g/mol. The van der Waals surface area contributed by atoms with Crippen LogP contribution in [0.2, 0.25) is 0 Å². The number of ether oxygens (including phenoxy) is 6. The van der Waals surface area contributed by atoms with E-state index in [0.29, 0.717) is 57.3 Å². The molecule has 2 aliphatic rings. The Morgan fingerprint density at radius 3 is 1.64 bits per heavy atom. The third-order valence-electron chi connectivity index (χ3n) is 10.3. The zero-order valence-electron chi connectivity index (χ0n) is 35.4. The third kappa shape index (κ3) is 12.2. The largest absolute Gasteiger partial charge is 0.462 e. The molecule has 58 heavy (non-hydrogen) atoms. The lowest BCUT2D eigenvalue weighted by molar-refractivity contribution is -0.274. The van der Waals surface area contributed by atoms with E-state index in [1.54, 1.807) is 27.7 Å². The van der Waals surface area contributed by atoms with Gasteiger partial charge in [0.05, 0.1) is 45.3 Å². The predicted molar refractivity (Wildman–Crippen MR) is 220 cm³/mol. The van der Waals surface area contributed by atoms with Gasteiger partial charge in [-0.25, -0.2) is 19.6 Å². The molecule has 0 atom stereocenters.